The van der Waals surface area contributed by atoms with Gasteiger partial charge in [-0.1, -0.05) is 0 Å². The molecule has 1 unspecified atom stereocenters. The molecule has 2 rings (SSSR count). The maximum Gasteiger partial charge on any atom is 0.350 e. The SMILES string of the molecule is CC(Cc1nc(N)c2[nH]cnc2n1)OCP(=O)(O)O. The number of nitrogen functional groups attached to an aromatic ring is 1. The van der Waals surface area contributed by atoms with E-state index in [2.05, 4.69) is 19.9 Å². The standard InChI is InChI=1S/C9H14N5O4P/c1-5(18-4-19(15,16)17)2-6-13-8(10)7-9(14-6)12-3-11-7/h3,5H,2,4H2,1H3,(H2,15,16,17)(H3,10,11,12,13,14). The summed E-state index contributed by atoms with van der Waals surface area (Å²) in [5.74, 6) is 0.690. The number of nitrogens with zero attached hydrogens (tertiary/aromatic N) is 3. The minimum Gasteiger partial charge on any atom is -0.382 e. The lowest BCUT2D eigenvalue weighted by Crippen LogP contribution is -2.15. The van der Waals surface area contributed by atoms with Crippen molar-refractivity contribution < 1.29 is 19.1 Å². The third kappa shape index (κ3) is 3.71. The van der Waals surface area contributed by atoms with Crippen LogP contribution in [0.25, 0.3) is 11.2 Å². The van der Waals surface area contributed by atoms with Crippen molar-refractivity contribution in [2.45, 2.75) is 19.4 Å². The summed E-state index contributed by atoms with van der Waals surface area (Å²) in [6.45, 7) is 1.67. The molecule has 0 aromatic carbocycles. The van der Waals surface area contributed by atoms with E-state index in [0.717, 1.165) is 0 Å². The van der Waals surface area contributed by atoms with E-state index in [1.807, 2.05) is 0 Å². The van der Waals surface area contributed by atoms with Gasteiger partial charge in [-0.25, -0.2) is 15.0 Å². The van der Waals surface area contributed by atoms with Gasteiger partial charge in [0.15, 0.2) is 11.5 Å². The summed E-state index contributed by atoms with van der Waals surface area (Å²) in [5, 5.41) is 0. The number of anilines is 1. The molecule has 0 aliphatic carbocycles. The first-order valence-electron chi connectivity index (χ1n) is 5.47. The molecule has 0 aliphatic heterocycles. The highest BCUT2D eigenvalue weighted by molar-refractivity contribution is 7.51. The molecule has 1 atom stereocenters. The molecule has 0 radical (unpaired) electrons. The van der Waals surface area contributed by atoms with Gasteiger partial charge in [0.1, 0.15) is 17.7 Å². The number of imidazole rings is 1. The minimum absolute atomic E-state index is 0.277. The summed E-state index contributed by atoms with van der Waals surface area (Å²) < 4.78 is 15.7. The van der Waals surface area contributed by atoms with Crippen molar-refractivity contribution in [3.05, 3.63) is 12.2 Å². The molecular weight excluding hydrogens is 273 g/mol. The van der Waals surface area contributed by atoms with Crippen LogP contribution in [0.3, 0.4) is 0 Å². The van der Waals surface area contributed by atoms with E-state index < -0.39 is 20.0 Å². The van der Waals surface area contributed by atoms with Gasteiger partial charge in [-0.2, -0.15) is 0 Å². The third-order valence-corrected chi connectivity index (χ3v) is 2.84. The van der Waals surface area contributed by atoms with Crippen LogP contribution in [-0.4, -0.2) is 42.2 Å². The van der Waals surface area contributed by atoms with E-state index >= 15 is 0 Å². The quantitative estimate of drug-likeness (QED) is 0.562. The number of ether oxygens (including phenoxy) is 1. The molecule has 0 fully saturated rings. The van der Waals surface area contributed by atoms with Gasteiger partial charge >= 0.3 is 7.60 Å². The molecule has 2 heterocycles. The largest absolute Gasteiger partial charge is 0.382 e. The number of hydrogen-bond donors (Lipinski definition) is 4. The summed E-state index contributed by atoms with van der Waals surface area (Å²) >= 11 is 0. The number of nitrogens with one attached hydrogen (secondary N) is 1. The smallest absolute Gasteiger partial charge is 0.350 e. The third-order valence-electron chi connectivity index (χ3n) is 2.36. The van der Waals surface area contributed by atoms with E-state index in [-0.39, 0.29) is 12.2 Å². The van der Waals surface area contributed by atoms with Gasteiger partial charge in [0, 0.05) is 6.42 Å². The first-order valence-corrected chi connectivity index (χ1v) is 7.26. The Morgan fingerprint density at radius 3 is 2.95 bits per heavy atom. The normalized spacial score (nSPS) is 13.8. The zero-order chi connectivity index (χ0) is 14.0. The Labute approximate surface area is 108 Å². The maximum absolute atomic E-state index is 10.7. The van der Waals surface area contributed by atoms with Crippen LogP contribution < -0.4 is 5.73 Å². The van der Waals surface area contributed by atoms with Crippen molar-refractivity contribution in [2.24, 2.45) is 0 Å². The predicted octanol–water partition coefficient (Wildman–Crippen LogP) is 0.0179. The summed E-state index contributed by atoms with van der Waals surface area (Å²) in [4.78, 5) is 32.5. The number of nitrogens with two attached hydrogens (primary N) is 1. The topological polar surface area (TPSA) is 147 Å². The lowest BCUT2D eigenvalue weighted by Gasteiger charge is -2.12. The molecule has 9 nitrogen and oxygen atoms in total. The molecule has 5 N–H and O–H groups in total. The molecule has 10 heteroatoms. The minimum atomic E-state index is -4.17. The Morgan fingerprint density at radius 1 is 1.53 bits per heavy atom. The Hall–Kier alpha value is -1.54. The van der Waals surface area contributed by atoms with Crippen LogP contribution in [0.2, 0.25) is 0 Å². The molecule has 104 valence electrons. The van der Waals surface area contributed by atoms with Gasteiger partial charge < -0.3 is 25.2 Å². The zero-order valence-electron chi connectivity index (χ0n) is 10.1. The van der Waals surface area contributed by atoms with Gasteiger partial charge in [-0.15, -0.1) is 0 Å². The molecule has 0 saturated heterocycles. The summed E-state index contributed by atoms with van der Waals surface area (Å²) in [6, 6.07) is 0. The lowest BCUT2D eigenvalue weighted by molar-refractivity contribution is 0.0873. The van der Waals surface area contributed by atoms with Crippen LogP contribution in [0, 0.1) is 0 Å². The van der Waals surface area contributed by atoms with E-state index in [9.17, 15) is 4.57 Å². The van der Waals surface area contributed by atoms with Crippen LogP contribution >= 0.6 is 7.60 Å². The van der Waals surface area contributed by atoms with E-state index in [1.165, 1.54) is 6.33 Å². The second-order valence-electron chi connectivity index (χ2n) is 4.10. The average Bonchev–Trinajstić information content (AvgIpc) is 2.74. The van der Waals surface area contributed by atoms with E-state index in [0.29, 0.717) is 17.0 Å². The van der Waals surface area contributed by atoms with Crippen LogP contribution in [0.4, 0.5) is 5.82 Å². The first-order chi connectivity index (χ1) is 8.85. The van der Waals surface area contributed by atoms with Crippen LogP contribution in [0.15, 0.2) is 6.33 Å². The van der Waals surface area contributed by atoms with Crippen LogP contribution in [0.1, 0.15) is 12.7 Å². The van der Waals surface area contributed by atoms with Crippen LogP contribution in [-0.2, 0) is 15.7 Å². The van der Waals surface area contributed by atoms with Crippen molar-refractivity contribution in [1.82, 2.24) is 19.9 Å². The molecule has 0 saturated carbocycles. The molecule has 2 aromatic rings. The zero-order valence-corrected chi connectivity index (χ0v) is 11.0. The number of hydrogen-bond acceptors (Lipinski definition) is 6. The summed E-state index contributed by atoms with van der Waals surface area (Å²) in [7, 11) is -4.17. The summed E-state index contributed by atoms with van der Waals surface area (Å²) in [6.07, 6.45) is 0.678. The molecule has 0 spiro atoms. The van der Waals surface area contributed by atoms with E-state index in [4.69, 9.17) is 20.3 Å². The van der Waals surface area contributed by atoms with Crippen molar-refractivity contribution in [3.63, 3.8) is 0 Å². The molecule has 0 bridgehead atoms. The second kappa shape index (κ2) is 5.22. The Balaban J connectivity index is 2.06. The van der Waals surface area contributed by atoms with Gasteiger partial charge in [0.25, 0.3) is 0 Å². The number of rotatable bonds is 5. The lowest BCUT2D eigenvalue weighted by atomic mass is 10.2. The highest BCUT2D eigenvalue weighted by Crippen LogP contribution is 2.34. The van der Waals surface area contributed by atoms with Crippen molar-refractivity contribution in [3.8, 4) is 0 Å². The van der Waals surface area contributed by atoms with Crippen molar-refractivity contribution in [1.29, 1.82) is 0 Å². The van der Waals surface area contributed by atoms with Crippen LogP contribution in [0.5, 0.6) is 0 Å². The highest BCUT2D eigenvalue weighted by Gasteiger charge is 2.17. The number of H-pyrrole nitrogens is 1. The fourth-order valence-corrected chi connectivity index (χ4v) is 1.98. The molecular formula is C9H14N5O4P. The number of aromatic nitrogens is 4. The highest BCUT2D eigenvalue weighted by atomic mass is 31.2. The molecule has 0 amide bonds. The monoisotopic (exact) mass is 287 g/mol. The predicted molar refractivity (Wildman–Crippen MR) is 67.3 cm³/mol. The number of fused-ring (bicyclic) bond motifs is 1. The summed E-state index contributed by atoms with van der Waals surface area (Å²) in [5.41, 5.74) is 6.74. The second-order valence-corrected chi connectivity index (χ2v) is 5.69. The first kappa shape index (κ1) is 13.9. The fourth-order valence-electron chi connectivity index (χ4n) is 1.53. The van der Waals surface area contributed by atoms with Crippen molar-refractivity contribution in [2.75, 3.05) is 12.1 Å². The number of aromatic amines is 1. The molecule has 2 aromatic heterocycles. The van der Waals surface area contributed by atoms with Crippen molar-refractivity contribution >= 4 is 24.6 Å². The van der Waals surface area contributed by atoms with Gasteiger partial charge in [-0.05, 0) is 6.92 Å². The Bertz CT molecular complexity index is 624. The molecule has 19 heavy (non-hydrogen) atoms. The van der Waals surface area contributed by atoms with Gasteiger partial charge in [-0.3, -0.25) is 4.57 Å². The van der Waals surface area contributed by atoms with Gasteiger partial charge in [0.2, 0.25) is 0 Å². The average molecular weight is 287 g/mol. The molecule has 0 aliphatic rings. The Morgan fingerprint density at radius 2 is 2.26 bits per heavy atom. The Kier molecular flexibility index (Phi) is 3.81. The van der Waals surface area contributed by atoms with Gasteiger partial charge in [0.05, 0.1) is 12.4 Å². The fraction of sp³-hybridized carbons (Fsp3) is 0.444. The maximum atomic E-state index is 10.7. The van der Waals surface area contributed by atoms with E-state index in [1.54, 1.807) is 6.92 Å².